The number of hydrogen-bond donors (Lipinski definition) is 4. The Hall–Kier alpha value is -5.51. The minimum absolute atomic E-state index is 0.115. The summed E-state index contributed by atoms with van der Waals surface area (Å²) < 4.78 is 9.53. The molecule has 4 amide bonds. The Morgan fingerprint density at radius 1 is 0.745 bits per heavy atom. The molecule has 0 saturated carbocycles. The van der Waals surface area contributed by atoms with Crippen LogP contribution in [-0.2, 0) is 19.1 Å². The third kappa shape index (κ3) is 7.59. The summed E-state index contributed by atoms with van der Waals surface area (Å²) in [5.74, 6) is 0.911. The molecule has 290 valence electrons. The van der Waals surface area contributed by atoms with E-state index in [1.807, 2.05) is 74.0 Å². The van der Waals surface area contributed by atoms with Crippen LogP contribution < -0.4 is 10.6 Å². The molecule has 2 saturated heterocycles. The number of nitrogens with zero attached hydrogens (tertiary/aromatic N) is 5. The van der Waals surface area contributed by atoms with Gasteiger partial charge in [0.2, 0.25) is 11.8 Å². The Bertz CT molecular complexity index is 2070. The first-order chi connectivity index (χ1) is 26.4. The van der Waals surface area contributed by atoms with Gasteiger partial charge in [0.1, 0.15) is 28.7 Å². The van der Waals surface area contributed by atoms with Gasteiger partial charge in [-0.2, -0.15) is 0 Å². The number of thiazole rings is 1. The van der Waals surface area contributed by atoms with Gasteiger partial charge in [-0.25, -0.2) is 24.5 Å². The molecule has 7 rings (SSSR count). The maximum Gasteiger partial charge on any atom is 0.407 e. The largest absolute Gasteiger partial charge is 0.453 e. The van der Waals surface area contributed by atoms with E-state index in [-0.39, 0.29) is 35.7 Å². The molecule has 16 heteroatoms. The van der Waals surface area contributed by atoms with Crippen LogP contribution in [0.25, 0.3) is 43.1 Å². The van der Waals surface area contributed by atoms with Gasteiger partial charge in [-0.15, -0.1) is 11.3 Å². The van der Waals surface area contributed by atoms with Crippen molar-refractivity contribution >= 4 is 57.4 Å². The third-order valence-corrected chi connectivity index (χ3v) is 11.6. The lowest BCUT2D eigenvalue weighted by molar-refractivity contribution is -0.136. The molecular formula is C39H47N9O6S. The summed E-state index contributed by atoms with van der Waals surface area (Å²) >= 11 is 1.58. The molecule has 5 heterocycles. The SMILES string of the molecule is COC(=O)NC(C(=O)N1CCCC1c1nc2ccc(-c3cnc(-c4ccc5nc(C6CCCN6C(=O)C(NC(=O)OC)C(C)C)[nH]c5c4)s3)cc2[nH]1)C(C)C. The number of carbonyl (C=O) groups is 4. The number of amides is 4. The highest BCUT2D eigenvalue weighted by Crippen LogP contribution is 2.37. The van der Waals surface area contributed by atoms with Gasteiger partial charge in [-0.3, -0.25) is 9.59 Å². The number of aromatic nitrogens is 5. The van der Waals surface area contributed by atoms with E-state index >= 15 is 0 Å². The fraction of sp³-hybridized carbons (Fsp3) is 0.462. The number of benzene rings is 2. The summed E-state index contributed by atoms with van der Waals surface area (Å²) in [6.07, 6.45) is 3.82. The smallest absolute Gasteiger partial charge is 0.407 e. The number of fused-ring (bicyclic) bond motifs is 2. The molecule has 4 atom stereocenters. The number of carbonyl (C=O) groups excluding carboxylic acids is 4. The van der Waals surface area contributed by atoms with Gasteiger partial charge in [0.15, 0.2) is 0 Å². The zero-order chi connectivity index (χ0) is 39.0. The van der Waals surface area contributed by atoms with Crippen molar-refractivity contribution in [2.75, 3.05) is 27.3 Å². The Labute approximate surface area is 322 Å². The molecule has 5 aromatic rings. The molecule has 4 N–H and O–H groups in total. The van der Waals surface area contributed by atoms with Crippen molar-refractivity contribution in [1.29, 1.82) is 0 Å². The van der Waals surface area contributed by atoms with Crippen LogP contribution in [0.2, 0.25) is 0 Å². The number of nitrogens with one attached hydrogen (secondary N) is 4. The van der Waals surface area contributed by atoms with Crippen LogP contribution in [0.15, 0.2) is 42.6 Å². The molecule has 55 heavy (non-hydrogen) atoms. The van der Waals surface area contributed by atoms with E-state index < -0.39 is 24.3 Å². The number of hydrogen-bond acceptors (Lipinski definition) is 10. The molecule has 0 spiro atoms. The highest BCUT2D eigenvalue weighted by atomic mass is 32.1. The number of imidazole rings is 2. The maximum atomic E-state index is 13.6. The number of ether oxygens (including phenoxy) is 2. The van der Waals surface area contributed by atoms with E-state index in [2.05, 4.69) is 26.7 Å². The number of likely N-dealkylation sites (tertiary alicyclic amines) is 2. The van der Waals surface area contributed by atoms with E-state index in [1.54, 1.807) is 11.3 Å². The second kappa shape index (κ2) is 15.7. The maximum absolute atomic E-state index is 13.6. The van der Waals surface area contributed by atoms with Crippen molar-refractivity contribution in [3.05, 3.63) is 54.2 Å². The van der Waals surface area contributed by atoms with Gasteiger partial charge in [0.25, 0.3) is 0 Å². The summed E-state index contributed by atoms with van der Waals surface area (Å²) in [6.45, 7) is 8.76. The molecule has 3 aromatic heterocycles. The molecule has 2 fully saturated rings. The predicted molar refractivity (Wildman–Crippen MR) is 208 cm³/mol. The summed E-state index contributed by atoms with van der Waals surface area (Å²) in [7, 11) is 2.58. The third-order valence-electron chi connectivity index (χ3n) is 10.5. The van der Waals surface area contributed by atoms with E-state index in [4.69, 9.17) is 24.4 Å². The summed E-state index contributed by atoms with van der Waals surface area (Å²) in [6, 6.07) is 10.2. The molecule has 0 aliphatic carbocycles. The lowest BCUT2D eigenvalue weighted by Gasteiger charge is -2.29. The van der Waals surface area contributed by atoms with Crippen LogP contribution in [0.4, 0.5) is 9.59 Å². The van der Waals surface area contributed by atoms with Gasteiger partial charge in [0.05, 0.1) is 53.2 Å². The van der Waals surface area contributed by atoms with E-state index in [1.165, 1.54) is 14.2 Å². The van der Waals surface area contributed by atoms with Gasteiger partial charge >= 0.3 is 12.2 Å². The van der Waals surface area contributed by atoms with Crippen molar-refractivity contribution in [3.8, 4) is 21.0 Å². The zero-order valence-electron chi connectivity index (χ0n) is 31.8. The van der Waals surface area contributed by atoms with Crippen LogP contribution in [0, 0.1) is 11.8 Å². The first kappa shape index (κ1) is 37.8. The first-order valence-electron chi connectivity index (χ1n) is 18.7. The molecule has 2 aliphatic rings. The van der Waals surface area contributed by atoms with Gasteiger partial charge < -0.3 is 39.9 Å². The zero-order valence-corrected chi connectivity index (χ0v) is 32.7. The van der Waals surface area contributed by atoms with E-state index in [9.17, 15) is 19.2 Å². The molecule has 2 aromatic carbocycles. The second-order valence-electron chi connectivity index (χ2n) is 14.8. The number of aromatic amines is 2. The van der Waals surface area contributed by atoms with Crippen molar-refractivity contribution in [2.45, 2.75) is 77.5 Å². The summed E-state index contributed by atoms with van der Waals surface area (Å²) in [5, 5.41) is 6.25. The minimum atomic E-state index is -0.701. The summed E-state index contributed by atoms with van der Waals surface area (Å²) in [5.41, 5.74) is 5.25. The Balaban J connectivity index is 1.08. The molecule has 15 nitrogen and oxygen atoms in total. The fourth-order valence-corrected chi connectivity index (χ4v) is 8.50. The van der Waals surface area contributed by atoms with Gasteiger partial charge in [-0.05, 0) is 73.4 Å². The normalized spacial score (nSPS) is 18.3. The molecule has 2 aliphatic heterocycles. The predicted octanol–water partition coefficient (Wildman–Crippen LogP) is 6.32. The lowest BCUT2D eigenvalue weighted by atomic mass is 10.0. The van der Waals surface area contributed by atoms with E-state index in [0.717, 1.165) is 74.6 Å². The highest BCUT2D eigenvalue weighted by Gasteiger charge is 2.39. The van der Waals surface area contributed by atoms with Crippen LogP contribution in [0.1, 0.15) is 77.1 Å². The lowest BCUT2D eigenvalue weighted by Crippen LogP contribution is -2.51. The Morgan fingerprint density at radius 2 is 1.22 bits per heavy atom. The van der Waals surface area contributed by atoms with Crippen LogP contribution in [-0.4, -0.2) is 98.1 Å². The topological polar surface area (TPSA) is 188 Å². The second-order valence-corrected chi connectivity index (χ2v) is 15.9. The van der Waals surface area contributed by atoms with Crippen LogP contribution >= 0.6 is 11.3 Å². The fourth-order valence-electron chi connectivity index (χ4n) is 7.59. The number of rotatable bonds is 10. The average Bonchev–Trinajstić information content (AvgIpc) is 4.02. The van der Waals surface area contributed by atoms with E-state index in [0.29, 0.717) is 18.9 Å². The van der Waals surface area contributed by atoms with Gasteiger partial charge in [-0.1, -0.05) is 33.8 Å². The molecule has 0 bridgehead atoms. The van der Waals surface area contributed by atoms with Crippen LogP contribution in [0.3, 0.4) is 0 Å². The van der Waals surface area contributed by atoms with Crippen molar-refractivity contribution in [2.24, 2.45) is 11.8 Å². The quantitative estimate of drug-likeness (QED) is 0.126. The first-order valence-corrected chi connectivity index (χ1v) is 19.5. The standard InChI is InChI=1S/C39H47N9O6S/c1-20(2)31(45-38(51)53-5)36(49)47-15-7-9-28(47)33-41-24-13-11-22(17-26(24)43-33)30-19-40-35(55-30)23-12-14-25-27(18-23)44-34(42-25)29-10-8-16-48(29)37(50)32(21(3)4)46-39(52)54-6/h11-14,17-21,28-29,31-32H,7-10,15-16H2,1-6H3,(H,41,43)(H,42,44)(H,45,51)(H,46,52). The minimum Gasteiger partial charge on any atom is -0.453 e. The summed E-state index contributed by atoms with van der Waals surface area (Å²) in [4.78, 5) is 77.3. The molecule has 4 unspecified atom stereocenters. The molecular weight excluding hydrogens is 723 g/mol. The monoisotopic (exact) mass is 769 g/mol. The molecule has 0 radical (unpaired) electrons. The van der Waals surface area contributed by atoms with Crippen molar-refractivity contribution in [3.63, 3.8) is 0 Å². The van der Waals surface area contributed by atoms with Crippen molar-refractivity contribution < 1.29 is 28.7 Å². The Morgan fingerprint density at radius 3 is 1.69 bits per heavy atom. The van der Waals surface area contributed by atoms with Crippen LogP contribution in [0.5, 0.6) is 0 Å². The number of alkyl carbamates (subject to hydrolysis) is 2. The number of H-pyrrole nitrogens is 2. The van der Waals surface area contributed by atoms with Gasteiger partial charge in [0, 0.05) is 24.8 Å². The Kier molecular flexibility index (Phi) is 10.8. The highest BCUT2D eigenvalue weighted by molar-refractivity contribution is 7.18. The average molecular weight is 770 g/mol. The van der Waals surface area contributed by atoms with Crippen molar-refractivity contribution in [1.82, 2.24) is 45.4 Å². The number of methoxy groups -OCH3 is 2.